The van der Waals surface area contributed by atoms with Crippen LogP contribution in [-0.2, 0) is 16.0 Å². The molecule has 0 fully saturated rings. The molecule has 2 N–H and O–H groups in total. The minimum atomic E-state index is -0.395. The van der Waals surface area contributed by atoms with Crippen molar-refractivity contribution in [2.45, 2.75) is 19.3 Å². The van der Waals surface area contributed by atoms with Crippen molar-refractivity contribution in [3.63, 3.8) is 0 Å². The second-order valence-electron chi connectivity index (χ2n) is 5.05. The van der Waals surface area contributed by atoms with Crippen molar-refractivity contribution >= 4 is 34.0 Å². The standard InChI is InChI=1S/C17H18BrN3O3/c18-15-10-9-14(24-15)11-20-21-17(23)12-19-16(22)8-4-7-13-5-2-1-3-6-13/h1-3,5-6,9-11H,4,7-8,12H2,(H,19,22)(H,21,23)/b20-11-. The Morgan fingerprint density at radius 1 is 1.12 bits per heavy atom. The van der Waals surface area contributed by atoms with Gasteiger partial charge in [0, 0.05) is 6.42 Å². The smallest absolute Gasteiger partial charge is 0.259 e. The summed E-state index contributed by atoms with van der Waals surface area (Å²) in [5.74, 6) is -0.0413. The zero-order chi connectivity index (χ0) is 17.2. The van der Waals surface area contributed by atoms with Crippen LogP contribution in [0.5, 0.6) is 0 Å². The fourth-order valence-electron chi connectivity index (χ4n) is 1.97. The Hall–Kier alpha value is -2.41. The van der Waals surface area contributed by atoms with E-state index >= 15 is 0 Å². The van der Waals surface area contributed by atoms with Crippen molar-refractivity contribution in [3.05, 3.63) is 58.5 Å². The molecule has 1 heterocycles. The molecule has 2 aromatic rings. The molecule has 0 atom stereocenters. The zero-order valence-corrected chi connectivity index (χ0v) is 14.6. The highest BCUT2D eigenvalue weighted by molar-refractivity contribution is 9.10. The van der Waals surface area contributed by atoms with Gasteiger partial charge in [0.1, 0.15) is 5.76 Å². The van der Waals surface area contributed by atoms with Gasteiger partial charge in [-0.3, -0.25) is 9.59 Å². The lowest BCUT2D eigenvalue weighted by molar-refractivity contribution is -0.126. The molecule has 0 aliphatic carbocycles. The fourth-order valence-corrected chi connectivity index (χ4v) is 2.29. The molecule has 0 bridgehead atoms. The summed E-state index contributed by atoms with van der Waals surface area (Å²) >= 11 is 3.17. The quantitative estimate of drug-likeness (QED) is 0.535. The van der Waals surface area contributed by atoms with Crippen molar-refractivity contribution < 1.29 is 14.0 Å². The van der Waals surface area contributed by atoms with Gasteiger partial charge in [-0.2, -0.15) is 5.10 Å². The fraction of sp³-hybridized carbons (Fsp3) is 0.235. The minimum Gasteiger partial charge on any atom is -0.448 e. The van der Waals surface area contributed by atoms with Crippen LogP contribution in [0.15, 0.2) is 56.7 Å². The lowest BCUT2D eigenvalue weighted by atomic mass is 10.1. The number of hydrogen-bond acceptors (Lipinski definition) is 4. The first-order chi connectivity index (χ1) is 11.6. The number of carbonyl (C=O) groups excluding carboxylic acids is 2. The molecule has 1 aromatic carbocycles. The summed E-state index contributed by atoms with van der Waals surface area (Å²) in [6.45, 7) is -0.108. The van der Waals surface area contributed by atoms with Gasteiger partial charge in [0.15, 0.2) is 4.67 Å². The second-order valence-corrected chi connectivity index (χ2v) is 5.83. The lowest BCUT2D eigenvalue weighted by Crippen LogP contribution is -2.34. The predicted molar refractivity (Wildman–Crippen MR) is 94.5 cm³/mol. The van der Waals surface area contributed by atoms with E-state index in [9.17, 15) is 9.59 Å². The maximum absolute atomic E-state index is 11.7. The lowest BCUT2D eigenvalue weighted by Gasteiger charge is -2.04. The van der Waals surface area contributed by atoms with Gasteiger partial charge in [0.2, 0.25) is 5.91 Å². The highest BCUT2D eigenvalue weighted by atomic mass is 79.9. The number of halogens is 1. The van der Waals surface area contributed by atoms with Crippen LogP contribution in [0.4, 0.5) is 0 Å². The first-order valence-electron chi connectivity index (χ1n) is 7.51. The van der Waals surface area contributed by atoms with E-state index in [2.05, 4.69) is 31.8 Å². The molecule has 0 saturated heterocycles. The molecule has 6 nitrogen and oxygen atoms in total. The molecule has 0 spiro atoms. The summed E-state index contributed by atoms with van der Waals surface area (Å²) in [5.41, 5.74) is 3.51. The number of amides is 2. The number of hydrogen-bond donors (Lipinski definition) is 2. The third-order valence-corrected chi connectivity index (χ3v) is 3.56. The summed E-state index contributed by atoms with van der Waals surface area (Å²) in [6, 6.07) is 13.4. The highest BCUT2D eigenvalue weighted by Crippen LogP contribution is 2.11. The predicted octanol–water partition coefficient (Wildman–Crippen LogP) is 2.63. The number of benzene rings is 1. The third-order valence-electron chi connectivity index (χ3n) is 3.13. The van der Waals surface area contributed by atoms with Gasteiger partial charge in [0.05, 0.1) is 12.8 Å². The summed E-state index contributed by atoms with van der Waals surface area (Å²) in [6.07, 6.45) is 3.34. The largest absolute Gasteiger partial charge is 0.448 e. The van der Waals surface area contributed by atoms with Crippen LogP contribution in [0.25, 0.3) is 0 Å². The molecule has 0 unspecified atom stereocenters. The third kappa shape index (κ3) is 6.78. The van der Waals surface area contributed by atoms with Crippen molar-refractivity contribution in [1.29, 1.82) is 0 Å². The van der Waals surface area contributed by atoms with E-state index < -0.39 is 5.91 Å². The van der Waals surface area contributed by atoms with Crippen LogP contribution in [0, 0.1) is 0 Å². The SMILES string of the molecule is O=C(CCCc1ccccc1)NCC(=O)N/N=C\c1ccc(Br)o1. The molecular weight excluding hydrogens is 374 g/mol. The van der Waals surface area contributed by atoms with Gasteiger partial charge in [-0.05, 0) is 46.5 Å². The Bertz CT molecular complexity index is 698. The van der Waals surface area contributed by atoms with Gasteiger partial charge in [-0.1, -0.05) is 30.3 Å². The van der Waals surface area contributed by atoms with E-state index in [0.717, 1.165) is 12.8 Å². The average molecular weight is 392 g/mol. The molecule has 2 amide bonds. The Morgan fingerprint density at radius 3 is 2.62 bits per heavy atom. The Balaban J connectivity index is 1.59. The van der Waals surface area contributed by atoms with E-state index in [1.165, 1.54) is 11.8 Å². The molecule has 0 radical (unpaired) electrons. The van der Waals surface area contributed by atoms with Crippen molar-refractivity contribution in [3.8, 4) is 0 Å². The number of rotatable bonds is 8. The number of carbonyl (C=O) groups is 2. The maximum Gasteiger partial charge on any atom is 0.259 e. The summed E-state index contributed by atoms with van der Waals surface area (Å²) in [7, 11) is 0. The first-order valence-corrected chi connectivity index (χ1v) is 8.30. The van der Waals surface area contributed by atoms with E-state index in [1.807, 2.05) is 30.3 Å². The van der Waals surface area contributed by atoms with Crippen molar-refractivity contribution in [1.82, 2.24) is 10.7 Å². The molecular formula is C17H18BrN3O3. The van der Waals surface area contributed by atoms with Crippen LogP contribution >= 0.6 is 15.9 Å². The molecule has 0 aliphatic heterocycles. The Kier molecular flexibility index (Phi) is 7.22. The van der Waals surface area contributed by atoms with Gasteiger partial charge in [0.25, 0.3) is 5.91 Å². The van der Waals surface area contributed by atoms with Crippen LogP contribution in [0.3, 0.4) is 0 Å². The van der Waals surface area contributed by atoms with E-state index in [1.54, 1.807) is 12.1 Å². The molecule has 2 rings (SSSR count). The average Bonchev–Trinajstić information content (AvgIpc) is 2.99. The first kappa shape index (κ1) is 17.9. The normalized spacial score (nSPS) is 10.7. The van der Waals surface area contributed by atoms with Crippen LogP contribution in [-0.4, -0.2) is 24.6 Å². The molecule has 0 aliphatic rings. The Labute approximate surface area is 148 Å². The minimum absolute atomic E-state index is 0.108. The van der Waals surface area contributed by atoms with Crippen molar-refractivity contribution in [2.75, 3.05) is 6.54 Å². The number of hydrazone groups is 1. The van der Waals surface area contributed by atoms with Gasteiger partial charge in [-0.15, -0.1) is 0 Å². The summed E-state index contributed by atoms with van der Waals surface area (Å²) in [4.78, 5) is 23.2. The summed E-state index contributed by atoms with van der Waals surface area (Å²) in [5, 5.41) is 6.31. The van der Waals surface area contributed by atoms with E-state index in [-0.39, 0.29) is 12.5 Å². The van der Waals surface area contributed by atoms with Crippen LogP contribution in [0.1, 0.15) is 24.2 Å². The molecule has 1 aromatic heterocycles. The number of aryl methyl sites for hydroxylation is 1. The number of furan rings is 1. The topological polar surface area (TPSA) is 83.7 Å². The van der Waals surface area contributed by atoms with Gasteiger partial charge in [-0.25, -0.2) is 5.43 Å². The van der Waals surface area contributed by atoms with Crippen molar-refractivity contribution in [2.24, 2.45) is 5.10 Å². The van der Waals surface area contributed by atoms with E-state index in [4.69, 9.17) is 4.42 Å². The molecule has 126 valence electrons. The number of nitrogens with one attached hydrogen (secondary N) is 2. The summed E-state index contributed by atoms with van der Waals surface area (Å²) < 4.78 is 5.77. The highest BCUT2D eigenvalue weighted by Gasteiger charge is 2.05. The molecule has 0 saturated carbocycles. The monoisotopic (exact) mass is 391 g/mol. The number of nitrogens with zero attached hydrogens (tertiary/aromatic N) is 1. The van der Waals surface area contributed by atoms with Crippen LogP contribution in [0.2, 0.25) is 0 Å². The van der Waals surface area contributed by atoms with E-state index in [0.29, 0.717) is 16.9 Å². The van der Waals surface area contributed by atoms with Gasteiger partial charge >= 0.3 is 0 Å². The zero-order valence-electron chi connectivity index (χ0n) is 13.0. The molecule has 7 heteroatoms. The maximum atomic E-state index is 11.7. The van der Waals surface area contributed by atoms with Gasteiger partial charge < -0.3 is 9.73 Å². The molecule has 24 heavy (non-hydrogen) atoms. The Morgan fingerprint density at radius 2 is 1.92 bits per heavy atom. The second kappa shape index (κ2) is 9.67. The van der Waals surface area contributed by atoms with Crippen LogP contribution < -0.4 is 10.7 Å².